The van der Waals surface area contributed by atoms with E-state index in [1.165, 1.54) is 76.8 Å². The molecule has 0 N–H and O–H groups in total. The molecule has 12 aromatic carbocycles. The predicted octanol–water partition coefficient (Wildman–Crippen LogP) is 42.4. The van der Waals surface area contributed by atoms with Crippen LogP contribution in [0, 0.1) is 58.4 Å². The number of aryl methyl sites for hydroxylation is 8. The van der Waals surface area contributed by atoms with E-state index in [-0.39, 0.29) is 657 Å². The van der Waals surface area contributed by atoms with Gasteiger partial charge in [-0.3, -0.25) is 0 Å². The van der Waals surface area contributed by atoms with E-state index in [0.29, 0.717) is 0 Å². The Morgan fingerprint density at radius 3 is 0.436 bits per heavy atom. The molecule has 0 bridgehead atoms. The van der Waals surface area contributed by atoms with Crippen LogP contribution in [-0.4, -0.2) is 0 Å². The largest absolute Gasteiger partial charge is 0.456 e. The number of hydrogen-bond acceptors (Lipinski definition) is 8. The van der Waals surface area contributed by atoms with Crippen LogP contribution in [0.3, 0.4) is 0 Å². The molecule has 0 aliphatic rings. The number of benzene rings is 12. The van der Waals surface area contributed by atoms with Crippen LogP contribution in [0.4, 0.5) is 0 Å². The summed E-state index contributed by atoms with van der Waals surface area (Å²) in [5.41, 5.74) is 24.8. The van der Waals surface area contributed by atoms with Crippen LogP contribution in [-0.2, 0) is 562 Å². The zero-order chi connectivity index (χ0) is 75.6. The van der Waals surface area contributed by atoms with Gasteiger partial charge < -0.3 is 79.9 Å². The van der Waals surface area contributed by atoms with E-state index < -0.39 is 0 Å². The fraction of sp³-hybridized carbons (Fsp3) is 0.328. The first-order valence-corrected chi connectivity index (χ1v) is 39.2. The molecule has 0 fully saturated rings. The topological polar surface area (TPSA) is 105 Å². The molecule has 0 aliphatic heterocycles. The van der Waals surface area contributed by atoms with Gasteiger partial charge in [-0.15, -0.1) is 0 Å². The van der Waals surface area contributed by atoms with Crippen molar-refractivity contribution in [1.82, 2.24) is 0 Å². The van der Waals surface area contributed by atoms with Gasteiger partial charge in [0.25, 0.3) is 0 Å². The minimum atomic E-state index is 0. The van der Waals surface area contributed by atoms with Gasteiger partial charge in [-0.2, -0.15) is 0 Å². The molecule has 0 aliphatic carbocycles. The van der Waals surface area contributed by atoms with E-state index in [9.17, 15) is 0 Å². The number of rotatable bonds is 6. The predicted molar refractivity (Wildman–Crippen MR) is 577 cm³/mol. The Hall–Kier alpha value is 6.70. The average Bonchev–Trinajstić information content (AvgIpc) is 1.58. The zero-order valence-electron chi connectivity index (χ0n) is 81.2. The van der Waals surface area contributed by atoms with E-state index in [1.807, 2.05) is 107 Å². The van der Waals surface area contributed by atoms with Crippen molar-refractivity contribution in [3.8, 4) is 0 Å². The van der Waals surface area contributed by atoms with Crippen LogP contribution < -0.4 is 0 Å². The second kappa shape index (κ2) is 102. The van der Waals surface area contributed by atoms with E-state index in [0.717, 1.165) is 182 Å². The second-order valence-electron chi connectivity index (χ2n) is 25.2. The zero-order valence-corrected chi connectivity index (χ0v) is 127. The second-order valence-corrected chi connectivity index (χ2v) is 25.2. The third-order valence-electron chi connectivity index (χ3n) is 19.4. The Morgan fingerprint density at radius 2 is 0.271 bits per heavy atom. The molecule has 8 nitrogen and oxygen atoms in total. The van der Waals surface area contributed by atoms with Crippen molar-refractivity contribution in [1.29, 1.82) is 0 Å². The normalized spacial score (nSPS) is 8.37. The summed E-state index contributed by atoms with van der Waals surface area (Å²) in [6.07, 6.45) is 6.15. The summed E-state index contributed by atoms with van der Waals surface area (Å²) in [5.74, 6) is 0. The third kappa shape index (κ3) is 46.8. The monoisotopic (exact) mass is 3110 g/mol. The molecule has 8 heterocycles. The maximum absolute atomic E-state index is 6.16. The fourth-order valence-electron chi connectivity index (χ4n) is 14.1. The Kier molecular flexibility index (Phi) is 151. The Labute approximate surface area is 1260 Å². The standard InChI is InChI=1S/2C22H18O2.2C21H16O2.6C2H6.12CH4.6CH3.16Y/c1-3-13-5-9-19-17(11-13)15-7-8-16-18-12-14(4-2)6-10-20(18)24-22(16)21(15)23-19;1-3-13-5-7-19-15(9-13)17-11-18-16-10-14(4-2)6-8-20(16)24-22(18)12-21(17)23-19;1-3-13-5-9-19-17(11-13)15-7-6-14-16-10-12(2)4-8-18(16)22-20(14)21(15)23-19;1-3-13-5-7-19-15(9-13)17-10-16-14-8-12(2)4-6-18(14)22-20(16)11-21(17)23-19;6*1-2;;;;;;;;;;;;;;;;;;;;;;;;;;;;;;;;;;/h2*5-12H,3-4H2,1-2H3;2*4-11H,3H2,1-2H3;6*1-2H3;12*1H4;6*1H3;;;;;;;;;;;;;;;;/q;;;;;;;;;;;;;;;;;;;;;;6*-1;;;;;;;;;;;;;;;;. The molecule has 0 atom stereocenters. The SMILES string of the molecule is C.C.C.C.C.C.C.C.C.C.C.C.CC.CC.CC.CC.CC.CC.CCc1ccc2oc3c(ccc4c5cc(C)ccc5oc43)c2c1.CCc1ccc2oc3c(ccc4c5cc(CC)ccc5oc43)c2c1.CCc1ccc2oc3cc4oc5ccc(C)cc5c4cc3c2c1.CCc1ccc2oc3cc4oc5ccc(CC)cc5c4cc3c2c1.[CH3-].[CH3-].[CH3-].[CH3-].[CH3-].[CH3-].[Y].[Y].[Y].[Y].[Y].[Y].[Y].[Y].[Y].[Y].[Y].[Y].[Y].[Y].[Y].[Y]. The van der Waals surface area contributed by atoms with Crippen LogP contribution in [0.1, 0.15) is 258 Å². The molecule has 24 heteroatoms. The molecule has 0 spiro atoms. The molecule has 8 aromatic heterocycles. The number of fused-ring (bicyclic) bond motifs is 26. The Bertz CT molecular complexity index is 6300. The van der Waals surface area contributed by atoms with E-state index in [1.54, 1.807) is 0 Å². The van der Waals surface area contributed by atoms with Crippen molar-refractivity contribution >= 4 is 176 Å². The van der Waals surface area contributed by atoms with Gasteiger partial charge in [0.05, 0.1) is 0 Å². The van der Waals surface area contributed by atoms with E-state index in [4.69, 9.17) is 35.3 Å². The van der Waals surface area contributed by atoms with Gasteiger partial charge >= 0.3 is 0 Å². The first-order valence-electron chi connectivity index (χ1n) is 39.2. The molecule has 0 amide bonds. The van der Waals surface area contributed by atoms with Crippen molar-refractivity contribution in [2.24, 2.45) is 0 Å². The number of furan rings is 8. The summed E-state index contributed by atoms with van der Waals surface area (Å²) >= 11 is 0. The van der Waals surface area contributed by atoms with Crippen molar-refractivity contribution in [2.75, 3.05) is 0 Å². The van der Waals surface area contributed by atoms with Crippen LogP contribution in [0.25, 0.3) is 176 Å². The van der Waals surface area contributed by atoms with Gasteiger partial charge in [-0.1, -0.05) is 273 Å². The van der Waals surface area contributed by atoms with E-state index >= 15 is 0 Å². The Balaban J connectivity index is -0.0000000521. The maximum atomic E-state index is 6.16. The first kappa shape index (κ1) is 207. The van der Waals surface area contributed by atoms with Gasteiger partial charge in [0.1, 0.15) is 67.0 Å². The summed E-state index contributed by atoms with van der Waals surface area (Å²) in [6, 6.07) is 68.3. The summed E-state index contributed by atoms with van der Waals surface area (Å²) in [5, 5.41) is 18.5. The minimum Gasteiger partial charge on any atom is -0.456 e. The molecule has 0 saturated heterocycles. The van der Waals surface area contributed by atoms with Crippen molar-refractivity contribution in [3.05, 3.63) is 283 Å². The van der Waals surface area contributed by atoms with Gasteiger partial charge in [0, 0.05) is 622 Å². The quantitative estimate of drug-likeness (QED) is 0.152. The van der Waals surface area contributed by atoms with Crippen molar-refractivity contribution < 1.29 is 559 Å². The molecular weight excluding hydrogens is 2940 g/mol. The summed E-state index contributed by atoms with van der Waals surface area (Å²) in [7, 11) is 0. The Morgan fingerprint density at radius 1 is 0.143 bits per heavy atom. The van der Waals surface area contributed by atoms with Gasteiger partial charge in [-0.05, 0) is 219 Å². The van der Waals surface area contributed by atoms with Gasteiger partial charge in [-0.25, -0.2) is 0 Å². The smallest absolute Gasteiger partial charge is 0.178 e. The molecule has 0 unspecified atom stereocenters. The van der Waals surface area contributed by atoms with Crippen LogP contribution in [0.15, 0.2) is 229 Å². The van der Waals surface area contributed by atoms with E-state index in [2.05, 4.69) is 225 Å². The van der Waals surface area contributed by atoms with Gasteiger partial charge in [0.2, 0.25) is 0 Å². The molecule has 20 aromatic rings. The summed E-state index contributed by atoms with van der Waals surface area (Å²) < 4.78 is 48.7. The van der Waals surface area contributed by atoms with Crippen LogP contribution in [0.2, 0.25) is 0 Å². The molecule has 20 rings (SSSR count). The van der Waals surface area contributed by atoms with Crippen molar-refractivity contribution in [2.45, 2.75) is 266 Å². The minimum absolute atomic E-state index is 0. The van der Waals surface area contributed by atoms with Gasteiger partial charge in [0.15, 0.2) is 22.3 Å². The molecule has 736 valence electrons. The molecule has 0 saturated carbocycles. The molecule has 16 radical (unpaired) electrons. The number of hydrogen-bond donors (Lipinski definition) is 0. The van der Waals surface area contributed by atoms with Crippen molar-refractivity contribution in [3.63, 3.8) is 0 Å². The summed E-state index contributed by atoms with van der Waals surface area (Å²) in [4.78, 5) is 0. The molecular formula is C116H170O8Y16-6. The average molecular weight is 3120 g/mol. The first-order chi connectivity index (χ1) is 52.0. The fourth-order valence-corrected chi connectivity index (χ4v) is 14.1. The van der Waals surface area contributed by atoms with Crippen LogP contribution in [0.5, 0.6) is 0 Å². The third-order valence-corrected chi connectivity index (χ3v) is 19.4. The molecule has 140 heavy (non-hydrogen) atoms. The van der Waals surface area contributed by atoms with Crippen LogP contribution >= 0.6 is 0 Å². The maximum Gasteiger partial charge on any atom is 0.178 e. The summed E-state index contributed by atoms with van der Waals surface area (Å²) in [6.45, 7) is 41.3.